The van der Waals surface area contributed by atoms with E-state index in [-0.39, 0.29) is 17.9 Å². The zero-order valence-electron chi connectivity index (χ0n) is 13.5. The number of rotatable bonds is 4. The molecule has 1 aliphatic heterocycles. The van der Waals surface area contributed by atoms with Crippen molar-refractivity contribution in [1.82, 2.24) is 10.6 Å². The van der Waals surface area contributed by atoms with Crippen molar-refractivity contribution < 1.29 is 9.90 Å². The molecule has 4 heteroatoms. The van der Waals surface area contributed by atoms with Crippen molar-refractivity contribution in [3.8, 4) is 0 Å². The van der Waals surface area contributed by atoms with Gasteiger partial charge in [0.05, 0.1) is 0 Å². The van der Waals surface area contributed by atoms with Crippen molar-refractivity contribution in [2.75, 3.05) is 13.1 Å². The molecule has 23 heavy (non-hydrogen) atoms. The molecule has 4 nitrogen and oxygen atoms in total. The molecule has 0 spiro atoms. The third-order valence-corrected chi connectivity index (χ3v) is 6.15. The van der Waals surface area contributed by atoms with Crippen LogP contribution in [0.4, 0.5) is 0 Å². The Morgan fingerprint density at radius 3 is 2.39 bits per heavy atom. The smallest absolute Gasteiger partial charge is 0.257 e. The highest BCUT2D eigenvalue weighted by atomic mass is 16.3. The molecule has 3 N–H and O–H groups in total. The Labute approximate surface area is 137 Å². The summed E-state index contributed by atoms with van der Waals surface area (Å²) in [5.41, 5.74) is -0.639. The van der Waals surface area contributed by atoms with E-state index in [1.807, 2.05) is 30.3 Å². The van der Waals surface area contributed by atoms with Crippen LogP contribution in [0.5, 0.6) is 0 Å². The Bertz CT molecular complexity index is 560. The van der Waals surface area contributed by atoms with Gasteiger partial charge in [0.1, 0.15) is 0 Å². The Kier molecular flexibility index (Phi) is 3.90. The monoisotopic (exact) mass is 314 g/mol. The van der Waals surface area contributed by atoms with Crippen LogP contribution in [0.1, 0.15) is 37.7 Å². The van der Waals surface area contributed by atoms with Gasteiger partial charge in [-0.15, -0.1) is 0 Å². The van der Waals surface area contributed by atoms with Crippen LogP contribution < -0.4 is 10.6 Å². The first-order valence-electron chi connectivity index (χ1n) is 9.01. The van der Waals surface area contributed by atoms with E-state index in [1.54, 1.807) is 0 Å². The lowest BCUT2D eigenvalue weighted by atomic mass is 9.73. The maximum Gasteiger partial charge on any atom is 0.257 e. The summed E-state index contributed by atoms with van der Waals surface area (Å²) >= 11 is 0. The molecular formula is C19H26N2O2. The molecule has 0 bridgehead atoms. The zero-order chi connectivity index (χ0) is 15.9. The topological polar surface area (TPSA) is 61.4 Å². The molecule has 1 amide bonds. The highest BCUT2D eigenvalue weighted by Crippen LogP contribution is 2.44. The number of carbonyl (C=O) groups is 1. The molecule has 1 heterocycles. The molecule has 0 aromatic heterocycles. The Balaban J connectivity index is 1.58. The predicted octanol–water partition coefficient (Wildman–Crippen LogP) is 1.79. The number of aliphatic hydroxyl groups is 1. The molecule has 3 atom stereocenters. The molecule has 1 aromatic rings. The molecule has 1 aromatic carbocycles. The number of fused-ring (bicyclic) bond motifs is 1. The summed E-state index contributed by atoms with van der Waals surface area (Å²) in [5, 5.41) is 18.0. The number of nitrogens with one attached hydrogen (secondary N) is 2. The van der Waals surface area contributed by atoms with Crippen LogP contribution in [0, 0.1) is 17.8 Å². The fraction of sp³-hybridized carbons (Fsp3) is 0.632. The summed E-state index contributed by atoms with van der Waals surface area (Å²) in [4.78, 5) is 13.1. The average Bonchev–Trinajstić information content (AvgIpc) is 3.04. The van der Waals surface area contributed by atoms with E-state index in [2.05, 4.69) is 10.6 Å². The van der Waals surface area contributed by atoms with Crippen molar-refractivity contribution in [2.45, 2.75) is 43.7 Å². The van der Waals surface area contributed by atoms with Crippen molar-refractivity contribution >= 4 is 5.91 Å². The normalized spacial score (nSPS) is 32.8. The standard InChI is InChI=1S/C19H26N2O2/c22-18(21-17-15-11-20-12-16(15)17)19(23,13-7-3-1-4-8-13)14-9-5-2-6-10-14/h1,3-4,7-8,14-17,20,23H,2,5-6,9-12H2,(H,21,22). The molecule has 2 saturated carbocycles. The second-order valence-corrected chi connectivity index (χ2v) is 7.45. The van der Waals surface area contributed by atoms with E-state index in [1.165, 1.54) is 6.42 Å². The largest absolute Gasteiger partial charge is 0.375 e. The number of carbonyl (C=O) groups excluding carboxylic acids is 1. The van der Waals surface area contributed by atoms with Gasteiger partial charge >= 0.3 is 0 Å². The first-order valence-corrected chi connectivity index (χ1v) is 9.01. The first-order chi connectivity index (χ1) is 11.2. The molecule has 2 aliphatic carbocycles. The van der Waals surface area contributed by atoms with Crippen LogP contribution in [0.2, 0.25) is 0 Å². The molecule has 4 rings (SSSR count). The van der Waals surface area contributed by atoms with E-state index in [9.17, 15) is 9.90 Å². The maximum absolute atomic E-state index is 13.1. The molecular weight excluding hydrogens is 288 g/mol. The van der Waals surface area contributed by atoms with Crippen molar-refractivity contribution in [1.29, 1.82) is 0 Å². The summed E-state index contributed by atoms with van der Waals surface area (Å²) in [6.45, 7) is 1.98. The summed E-state index contributed by atoms with van der Waals surface area (Å²) in [7, 11) is 0. The predicted molar refractivity (Wildman–Crippen MR) is 88.7 cm³/mol. The molecule has 0 radical (unpaired) electrons. The molecule has 124 valence electrons. The maximum atomic E-state index is 13.1. The van der Waals surface area contributed by atoms with Crippen LogP contribution in [-0.2, 0) is 10.4 Å². The van der Waals surface area contributed by atoms with Gasteiger partial charge in [0, 0.05) is 25.0 Å². The second kappa shape index (κ2) is 5.91. The van der Waals surface area contributed by atoms with E-state index >= 15 is 0 Å². The van der Waals surface area contributed by atoms with Crippen LogP contribution in [-0.4, -0.2) is 30.1 Å². The lowest BCUT2D eigenvalue weighted by Gasteiger charge is -2.37. The fourth-order valence-electron chi connectivity index (χ4n) is 4.66. The SMILES string of the molecule is O=C(NC1C2CNCC21)C(O)(c1ccccc1)C1CCCCC1. The van der Waals surface area contributed by atoms with Gasteiger partial charge in [0.25, 0.3) is 5.91 Å². The quantitative estimate of drug-likeness (QED) is 0.794. The van der Waals surface area contributed by atoms with Gasteiger partial charge in [-0.3, -0.25) is 4.79 Å². The van der Waals surface area contributed by atoms with Crippen molar-refractivity contribution in [2.24, 2.45) is 17.8 Å². The minimum Gasteiger partial charge on any atom is -0.375 e. The zero-order valence-corrected chi connectivity index (χ0v) is 13.5. The number of hydrogen-bond acceptors (Lipinski definition) is 3. The fourth-order valence-corrected chi connectivity index (χ4v) is 4.66. The van der Waals surface area contributed by atoms with Crippen LogP contribution in [0.3, 0.4) is 0 Å². The molecule has 3 unspecified atom stereocenters. The lowest BCUT2D eigenvalue weighted by molar-refractivity contribution is -0.149. The van der Waals surface area contributed by atoms with Crippen molar-refractivity contribution in [3.63, 3.8) is 0 Å². The van der Waals surface area contributed by atoms with Gasteiger partial charge in [0.2, 0.25) is 0 Å². The summed E-state index contributed by atoms with van der Waals surface area (Å²) < 4.78 is 0. The van der Waals surface area contributed by atoms with Crippen LogP contribution >= 0.6 is 0 Å². The Morgan fingerprint density at radius 1 is 1.09 bits per heavy atom. The minimum atomic E-state index is -1.38. The number of benzene rings is 1. The number of hydrogen-bond donors (Lipinski definition) is 3. The Morgan fingerprint density at radius 2 is 1.74 bits per heavy atom. The highest BCUT2D eigenvalue weighted by molar-refractivity contribution is 5.87. The van der Waals surface area contributed by atoms with Gasteiger partial charge < -0.3 is 15.7 Å². The van der Waals surface area contributed by atoms with E-state index in [4.69, 9.17) is 0 Å². The molecule has 3 aliphatic rings. The number of piperidine rings is 1. The van der Waals surface area contributed by atoms with Gasteiger partial charge in [-0.25, -0.2) is 0 Å². The van der Waals surface area contributed by atoms with E-state index in [0.29, 0.717) is 11.8 Å². The molecule has 3 fully saturated rings. The minimum absolute atomic E-state index is 0.0235. The van der Waals surface area contributed by atoms with Gasteiger partial charge in [-0.05, 0) is 30.2 Å². The van der Waals surface area contributed by atoms with Crippen LogP contribution in [0.15, 0.2) is 30.3 Å². The Hall–Kier alpha value is -1.39. The van der Waals surface area contributed by atoms with Gasteiger partial charge in [-0.1, -0.05) is 49.6 Å². The summed E-state index contributed by atoms with van der Waals surface area (Å²) in [5.74, 6) is 0.959. The van der Waals surface area contributed by atoms with Gasteiger partial charge in [0.15, 0.2) is 5.60 Å². The van der Waals surface area contributed by atoms with E-state index in [0.717, 1.165) is 44.3 Å². The molecule has 1 saturated heterocycles. The third kappa shape index (κ3) is 2.58. The third-order valence-electron chi connectivity index (χ3n) is 6.15. The highest BCUT2D eigenvalue weighted by Gasteiger charge is 2.56. The van der Waals surface area contributed by atoms with Crippen molar-refractivity contribution in [3.05, 3.63) is 35.9 Å². The second-order valence-electron chi connectivity index (χ2n) is 7.45. The van der Waals surface area contributed by atoms with E-state index < -0.39 is 5.60 Å². The number of amides is 1. The summed E-state index contributed by atoms with van der Waals surface area (Å²) in [6.07, 6.45) is 5.27. The van der Waals surface area contributed by atoms with Crippen LogP contribution in [0.25, 0.3) is 0 Å². The first kappa shape index (κ1) is 15.2. The van der Waals surface area contributed by atoms with Gasteiger partial charge in [-0.2, -0.15) is 0 Å². The lowest BCUT2D eigenvalue weighted by Crippen LogP contribution is -2.51. The summed E-state index contributed by atoms with van der Waals surface area (Å²) in [6, 6.07) is 9.79. The average molecular weight is 314 g/mol.